The Labute approximate surface area is 92.6 Å². The second kappa shape index (κ2) is 3.81. The predicted molar refractivity (Wildman–Crippen MR) is 57.7 cm³/mol. The summed E-state index contributed by atoms with van der Waals surface area (Å²) in [5.74, 6) is -0.487. The highest BCUT2D eigenvalue weighted by atomic mass is 35.5. The summed E-state index contributed by atoms with van der Waals surface area (Å²) in [6.45, 7) is 2.25. The first kappa shape index (κ1) is 10.4. The first-order chi connectivity index (χ1) is 7.08. The molecule has 2 rings (SSSR count). The van der Waals surface area contributed by atoms with Gasteiger partial charge in [-0.05, 0) is 24.6 Å². The van der Waals surface area contributed by atoms with Crippen LogP contribution in [0.4, 0.5) is 10.1 Å². The second-order valence-electron chi connectivity index (χ2n) is 3.76. The van der Waals surface area contributed by atoms with E-state index in [0.29, 0.717) is 12.2 Å². The number of hydrogen-bond acceptors (Lipinski definition) is 1. The molecule has 0 spiro atoms. The molecule has 1 aromatic carbocycles. The molecule has 0 aromatic heterocycles. The molecule has 15 heavy (non-hydrogen) atoms. The SMILES string of the molecule is Cc1ccc(F)c(N2CC(Cl)CC2=O)c1. The molecular weight excluding hydrogens is 217 g/mol. The van der Waals surface area contributed by atoms with Crippen molar-refractivity contribution in [2.24, 2.45) is 0 Å². The van der Waals surface area contributed by atoms with Crippen molar-refractivity contribution < 1.29 is 9.18 Å². The van der Waals surface area contributed by atoms with E-state index in [2.05, 4.69) is 0 Å². The highest BCUT2D eigenvalue weighted by Gasteiger charge is 2.30. The van der Waals surface area contributed by atoms with Crippen molar-refractivity contribution in [3.63, 3.8) is 0 Å². The lowest BCUT2D eigenvalue weighted by Crippen LogP contribution is -2.25. The van der Waals surface area contributed by atoms with Crippen LogP contribution in [0.15, 0.2) is 18.2 Å². The molecule has 0 saturated carbocycles. The third-order valence-electron chi connectivity index (χ3n) is 2.47. The molecular formula is C11H11ClFNO. The van der Waals surface area contributed by atoms with Gasteiger partial charge in [-0.15, -0.1) is 11.6 Å². The van der Waals surface area contributed by atoms with Gasteiger partial charge in [-0.2, -0.15) is 0 Å². The number of alkyl halides is 1. The number of aryl methyl sites for hydroxylation is 1. The third kappa shape index (κ3) is 1.97. The van der Waals surface area contributed by atoms with E-state index in [1.807, 2.05) is 6.92 Å². The molecule has 0 bridgehead atoms. The minimum Gasteiger partial charge on any atom is -0.308 e. The fourth-order valence-corrected chi connectivity index (χ4v) is 2.00. The van der Waals surface area contributed by atoms with Gasteiger partial charge in [0.25, 0.3) is 0 Å². The predicted octanol–water partition coefficient (Wildman–Crippen LogP) is 2.48. The number of halogens is 2. The van der Waals surface area contributed by atoms with Crippen LogP contribution in [0.5, 0.6) is 0 Å². The molecule has 1 aliphatic heterocycles. The summed E-state index contributed by atoms with van der Waals surface area (Å²) in [7, 11) is 0. The van der Waals surface area contributed by atoms with E-state index in [4.69, 9.17) is 11.6 Å². The number of nitrogens with zero attached hydrogens (tertiary/aromatic N) is 1. The van der Waals surface area contributed by atoms with Gasteiger partial charge in [0, 0.05) is 13.0 Å². The lowest BCUT2D eigenvalue weighted by Gasteiger charge is -2.17. The first-order valence-electron chi connectivity index (χ1n) is 4.78. The molecule has 1 atom stereocenters. The first-order valence-corrected chi connectivity index (χ1v) is 5.22. The van der Waals surface area contributed by atoms with Gasteiger partial charge >= 0.3 is 0 Å². The Morgan fingerprint density at radius 3 is 2.87 bits per heavy atom. The van der Waals surface area contributed by atoms with Crippen LogP contribution in [0.3, 0.4) is 0 Å². The van der Waals surface area contributed by atoms with Gasteiger partial charge in [0.1, 0.15) is 5.82 Å². The second-order valence-corrected chi connectivity index (χ2v) is 4.38. The van der Waals surface area contributed by atoms with E-state index >= 15 is 0 Å². The lowest BCUT2D eigenvalue weighted by molar-refractivity contribution is -0.117. The molecule has 2 nitrogen and oxygen atoms in total. The van der Waals surface area contributed by atoms with E-state index in [0.717, 1.165) is 5.56 Å². The standard InChI is InChI=1S/C11H11ClFNO/c1-7-2-3-9(13)10(4-7)14-6-8(12)5-11(14)15/h2-4,8H,5-6H2,1H3. The Morgan fingerprint density at radius 1 is 1.53 bits per heavy atom. The van der Waals surface area contributed by atoms with Crippen molar-refractivity contribution in [1.82, 2.24) is 0 Å². The number of anilines is 1. The quantitative estimate of drug-likeness (QED) is 0.675. The molecule has 80 valence electrons. The van der Waals surface area contributed by atoms with Crippen LogP contribution in [-0.4, -0.2) is 17.8 Å². The van der Waals surface area contributed by atoms with Gasteiger partial charge in [-0.1, -0.05) is 6.07 Å². The number of amides is 1. The normalized spacial score (nSPS) is 21.1. The molecule has 1 amide bonds. The minimum atomic E-state index is -0.375. The Hall–Kier alpha value is -1.09. The molecule has 0 radical (unpaired) electrons. The van der Waals surface area contributed by atoms with Crippen LogP contribution >= 0.6 is 11.6 Å². The molecule has 1 aliphatic rings. The maximum Gasteiger partial charge on any atom is 0.228 e. The zero-order chi connectivity index (χ0) is 11.0. The van der Waals surface area contributed by atoms with Crippen LogP contribution in [-0.2, 0) is 4.79 Å². The van der Waals surface area contributed by atoms with Crippen molar-refractivity contribution in [3.8, 4) is 0 Å². The molecule has 1 heterocycles. The van der Waals surface area contributed by atoms with Gasteiger partial charge < -0.3 is 4.90 Å². The zero-order valence-electron chi connectivity index (χ0n) is 8.34. The highest BCUT2D eigenvalue weighted by molar-refractivity contribution is 6.24. The fourth-order valence-electron chi connectivity index (χ4n) is 1.73. The lowest BCUT2D eigenvalue weighted by atomic mass is 10.2. The Kier molecular flexibility index (Phi) is 2.65. The topological polar surface area (TPSA) is 20.3 Å². The van der Waals surface area contributed by atoms with Crippen LogP contribution < -0.4 is 4.90 Å². The summed E-state index contributed by atoms with van der Waals surface area (Å²) in [5.41, 5.74) is 1.26. The van der Waals surface area contributed by atoms with E-state index in [1.54, 1.807) is 12.1 Å². The minimum absolute atomic E-state index is 0.112. The zero-order valence-corrected chi connectivity index (χ0v) is 9.09. The average Bonchev–Trinajstić information content (AvgIpc) is 2.50. The smallest absolute Gasteiger partial charge is 0.228 e. The molecule has 4 heteroatoms. The maximum atomic E-state index is 13.5. The van der Waals surface area contributed by atoms with Crippen LogP contribution in [0.2, 0.25) is 0 Å². The third-order valence-corrected chi connectivity index (χ3v) is 2.76. The van der Waals surface area contributed by atoms with Gasteiger partial charge in [0.15, 0.2) is 0 Å². The van der Waals surface area contributed by atoms with Crippen LogP contribution in [0.25, 0.3) is 0 Å². The monoisotopic (exact) mass is 227 g/mol. The highest BCUT2D eigenvalue weighted by Crippen LogP contribution is 2.27. The number of benzene rings is 1. The number of hydrogen-bond donors (Lipinski definition) is 0. The van der Waals surface area contributed by atoms with E-state index in [-0.39, 0.29) is 23.5 Å². The summed E-state index contributed by atoms with van der Waals surface area (Å²) in [6.07, 6.45) is 0.287. The Morgan fingerprint density at radius 2 is 2.27 bits per heavy atom. The van der Waals surface area contributed by atoms with Crippen molar-refractivity contribution in [2.75, 3.05) is 11.4 Å². The summed E-state index contributed by atoms with van der Waals surface area (Å²) < 4.78 is 13.5. The van der Waals surface area contributed by atoms with E-state index < -0.39 is 0 Å². The van der Waals surface area contributed by atoms with Crippen LogP contribution in [0, 0.1) is 12.7 Å². The van der Waals surface area contributed by atoms with Crippen molar-refractivity contribution in [1.29, 1.82) is 0 Å². The number of carbonyl (C=O) groups is 1. The largest absolute Gasteiger partial charge is 0.308 e. The molecule has 0 aliphatic carbocycles. The molecule has 1 aromatic rings. The van der Waals surface area contributed by atoms with E-state index in [1.165, 1.54) is 11.0 Å². The van der Waals surface area contributed by atoms with Crippen LogP contribution in [0.1, 0.15) is 12.0 Å². The summed E-state index contributed by atoms with van der Waals surface area (Å²) in [6, 6.07) is 4.72. The molecule has 1 fully saturated rings. The van der Waals surface area contributed by atoms with Crippen molar-refractivity contribution in [2.45, 2.75) is 18.7 Å². The van der Waals surface area contributed by atoms with Gasteiger partial charge in [0.2, 0.25) is 5.91 Å². The molecule has 0 N–H and O–H groups in total. The van der Waals surface area contributed by atoms with Gasteiger partial charge in [0.05, 0.1) is 11.1 Å². The summed E-state index contributed by atoms with van der Waals surface area (Å²) >= 11 is 5.86. The molecule has 1 saturated heterocycles. The number of carbonyl (C=O) groups excluding carboxylic acids is 1. The Balaban J connectivity index is 2.37. The van der Waals surface area contributed by atoms with Crippen molar-refractivity contribution >= 4 is 23.2 Å². The van der Waals surface area contributed by atoms with E-state index in [9.17, 15) is 9.18 Å². The average molecular weight is 228 g/mol. The van der Waals surface area contributed by atoms with Crippen molar-refractivity contribution in [3.05, 3.63) is 29.6 Å². The summed E-state index contributed by atoms with van der Waals surface area (Å²) in [5, 5.41) is -0.211. The Bertz CT molecular complexity index is 408. The summed E-state index contributed by atoms with van der Waals surface area (Å²) in [4.78, 5) is 12.9. The number of rotatable bonds is 1. The fraction of sp³-hybridized carbons (Fsp3) is 0.364. The maximum absolute atomic E-state index is 13.5. The van der Waals surface area contributed by atoms with Gasteiger partial charge in [-0.25, -0.2) is 4.39 Å². The van der Waals surface area contributed by atoms with Gasteiger partial charge in [-0.3, -0.25) is 4.79 Å². The molecule has 1 unspecified atom stereocenters.